The maximum Gasteiger partial charge on any atom is 0.0793 e. The zero-order valence-electron chi connectivity index (χ0n) is 25.2. The molecular formula is C45H29N. The Balaban J connectivity index is 1.34. The Morgan fingerprint density at radius 2 is 0.739 bits per heavy atom. The standard InChI is InChI=1S/C45H29N/c1-3-14-32-28-34(25-23-30(32)12-1)36-16-5-7-18-38(36)43-40-20-9-10-21-41(40)44(45-42(43)22-11-27-46-45)39-19-8-6-17-37(39)35-26-24-31-13-2-4-15-33(31)29-35/h1-29H. The molecule has 214 valence electrons. The molecule has 0 saturated carbocycles. The van der Waals surface area contributed by atoms with Crippen molar-refractivity contribution in [3.63, 3.8) is 0 Å². The number of rotatable bonds is 4. The predicted molar refractivity (Wildman–Crippen MR) is 196 cm³/mol. The van der Waals surface area contributed by atoms with Crippen LogP contribution in [0.1, 0.15) is 0 Å². The molecule has 9 aromatic rings. The molecule has 1 heterocycles. The first-order valence-electron chi connectivity index (χ1n) is 15.8. The summed E-state index contributed by atoms with van der Waals surface area (Å²) in [7, 11) is 0. The third-order valence-electron chi connectivity index (χ3n) is 9.29. The second-order valence-electron chi connectivity index (χ2n) is 11.9. The first-order valence-corrected chi connectivity index (χ1v) is 15.8. The van der Waals surface area contributed by atoms with Crippen LogP contribution in [0.25, 0.3) is 87.7 Å². The van der Waals surface area contributed by atoms with Gasteiger partial charge in [0.1, 0.15) is 0 Å². The fourth-order valence-corrected chi connectivity index (χ4v) is 7.18. The number of hydrogen-bond acceptors (Lipinski definition) is 1. The first-order chi connectivity index (χ1) is 22.8. The molecule has 0 atom stereocenters. The van der Waals surface area contributed by atoms with E-state index in [4.69, 9.17) is 4.98 Å². The zero-order valence-corrected chi connectivity index (χ0v) is 25.2. The van der Waals surface area contributed by atoms with Gasteiger partial charge in [-0.05, 0) is 89.5 Å². The van der Waals surface area contributed by atoms with Gasteiger partial charge in [-0.15, -0.1) is 0 Å². The molecule has 0 aliphatic heterocycles. The molecule has 46 heavy (non-hydrogen) atoms. The quantitative estimate of drug-likeness (QED) is 0.188. The molecule has 0 saturated heterocycles. The van der Waals surface area contributed by atoms with Crippen LogP contribution in [-0.2, 0) is 0 Å². The van der Waals surface area contributed by atoms with Gasteiger partial charge in [-0.1, -0.05) is 152 Å². The molecule has 9 rings (SSSR count). The first kappa shape index (κ1) is 26.4. The van der Waals surface area contributed by atoms with Crippen molar-refractivity contribution < 1.29 is 0 Å². The van der Waals surface area contributed by atoms with Gasteiger partial charge in [0, 0.05) is 17.1 Å². The van der Waals surface area contributed by atoms with Crippen molar-refractivity contribution in [3.05, 3.63) is 176 Å². The number of fused-ring (bicyclic) bond motifs is 4. The minimum atomic E-state index is 1.01. The lowest BCUT2D eigenvalue weighted by Gasteiger charge is -2.20. The number of hydrogen-bond donors (Lipinski definition) is 0. The topological polar surface area (TPSA) is 12.9 Å². The van der Waals surface area contributed by atoms with Gasteiger partial charge in [-0.2, -0.15) is 0 Å². The average Bonchev–Trinajstić information content (AvgIpc) is 3.13. The minimum Gasteiger partial charge on any atom is -0.256 e. The molecule has 0 unspecified atom stereocenters. The molecule has 0 amide bonds. The summed E-state index contributed by atoms with van der Waals surface area (Å²) in [5, 5.41) is 8.55. The number of pyridine rings is 1. The van der Waals surface area contributed by atoms with Gasteiger partial charge in [-0.3, -0.25) is 4.98 Å². The van der Waals surface area contributed by atoms with E-state index in [9.17, 15) is 0 Å². The Kier molecular flexibility index (Phi) is 6.21. The van der Waals surface area contributed by atoms with Crippen LogP contribution in [0.2, 0.25) is 0 Å². The minimum absolute atomic E-state index is 1.01. The molecule has 1 heteroatoms. The predicted octanol–water partition coefficient (Wildman–Crippen LogP) is 12.4. The van der Waals surface area contributed by atoms with Crippen LogP contribution >= 0.6 is 0 Å². The highest BCUT2D eigenvalue weighted by Gasteiger charge is 2.21. The van der Waals surface area contributed by atoms with Crippen molar-refractivity contribution in [2.45, 2.75) is 0 Å². The monoisotopic (exact) mass is 583 g/mol. The average molecular weight is 584 g/mol. The number of nitrogens with zero attached hydrogens (tertiary/aromatic N) is 1. The molecule has 0 radical (unpaired) electrons. The Labute approximate surface area is 268 Å². The third-order valence-corrected chi connectivity index (χ3v) is 9.29. The largest absolute Gasteiger partial charge is 0.256 e. The molecule has 0 aliphatic carbocycles. The van der Waals surface area contributed by atoms with E-state index in [-0.39, 0.29) is 0 Å². The fourth-order valence-electron chi connectivity index (χ4n) is 7.18. The third kappa shape index (κ3) is 4.29. The van der Waals surface area contributed by atoms with E-state index >= 15 is 0 Å². The van der Waals surface area contributed by atoms with Crippen LogP contribution in [-0.4, -0.2) is 4.98 Å². The summed E-state index contributed by atoms with van der Waals surface area (Å²) in [6.45, 7) is 0. The van der Waals surface area contributed by atoms with Crippen LogP contribution in [0.15, 0.2) is 176 Å². The number of aromatic nitrogens is 1. The lowest BCUT2D eigenvalue weighted by molar-refractivity contribution is 1.42. The molecule has 0 spiro atoms. The van der Waals surface area contributed by atoms with Crippen molar-refractivity contribution >= 4 is 43.2 Å². The van der Waals surface area contributed by atoms with E-state index in [1.165, 1.54) is 76.8 Å². The molecule has 0 aliphatic rings. The van der Waals surface area contributed by atoms with Gasteiger partial charge in [0.15, 0.2) is 0 Å². The van der Waals surface area contributed by atoms with Crippen molar-refractivity contribution in [1.29, 1.82) is 0 Å². The van der Waals surface area contributed by atoms with E-state index in [0.29, 0.717) is 0 Å². The van der Waals surface area contributed by atoms with E-state index in [2.05, 4.69) is 170 Å². The van der Waals surface area contributed by atoms with E-state index in [1.807, 2.05) is 6.20 Å². The maximum absolute atomic E-state index is 5.12. The van der Waals surface area contributed by atoms with Gasteiger partial charge in [-0.25, -0.2) is 0 Å². The molecule has 8 aromatic carbocycles. The van der Waals surface area contributed by atoms with Crippen LogP contribution in [0.5, 0.6) is 0 Å². The second kappa shape index (κ2) is 10.8. The van der Waals surface area contributed by atoms with Crippen LogP contribution in [0, 0.1) is 0 Å². The van der Waals surface area contributed by atoms with Gasteiger partial charge in [0.25, 0.3) is 0 Å². The summed E-state index contributed by atoms with van der Waals surface area (Å²) >= 11 is 0. The molecule has 1 aromatic heterocycles. The fraction of sp³-hybridized carbons (Fsp3) is 0. The van der Waals surface area contributed by atoms with E-state index in [1.54, 1.807) is 0 Å². The second-order valence-corrected chi connectivity index (χ2v) is 11.9. The van der Waals surface area contributed by atoms with Gasteiger partial charge in [0.2, 0.25) is 0 Å². The highest BCUT2D eigenvalue weighted by molar-refractivity contribution is 6.22. The smallest absolute Gasteiger partial charge is 0.0793 e. The Bertz CT molecular complexity index is 2360. The Hall–Kier alpha value is -6.05. The molecular weight excluding hydrogens is 555 g/mol. The highest BCUT2D eigenvalue weighted by Crippen LogP contribution is 2.47. The summed E-state index contributed by atoms with van der Waals surface area (Å²) in [5.74, 6) is 0. The summed E-state index contributed by atoms with van der Waals surface area (Å²) in [6, 6.07) is 61.4. The summed E-state index contributed by atoms with van der Waals surface area (Å²) < 4.78 is 0. The normalized spacial score (nSPS) is 11.5. The molecule has 0 fully saturated rings. The zero-order chi connectivity index (χ0) is 30.5. The molecule has 0 N–H and O–H groups in total. The Morgan fingerprint density at radius 1 is 0.304 bits per heavy atom. The molecule has 1 nitrogen and oxygen atoms in total. The lowest BCUT2D eigenvalue weighted by atomic mass is 9.83. The summed E-state index contributed by atoms with van der Waals surface area (Å²) in [6.07, 6.45) is 1.93. The molecule has 0 bridgehead atoms. The van der Waals surface area contributed by atoms with Gasteiger partial charge >= 0.3 is 0 Å². The van der Waals surface area contributed by atoms with E-state index in [0.717, 1.165) is 10.9 Å². The van der Waals surface area contributed by atoms with Crippen molar-refractivity contribution in [1.82, 2.24) is 4.98 Å². The van der Waals surface area contributed by atoms with Crippen molar-refractivity contribution in [3.8, 4) is 44.5 Å². The highest BCUT2D eigenvalue weighted by atomic mass is 14.7. The SMILES string of the molecule is c1ccc(-c2c3ccccc3c(-c3ccccc3-c3ccc4ccccc4c3)c3ncccc23)c(-c2ccc3ccccc3c2)c1. The van der Waals surface area contributed by atoms with Crippen molar-refractivity contribution in [2.24, 2.45) is 0 Å². The van der Waals surface area contributed by atoms with Crippen molar-refractivity contribution in [2.75, 3.05) is 0 Å². The van der Waals surface area contributed by atoms with E-state index < -0.39 is 0 Å². The van der Waals surface area contributed by atoms with Crippen LogP contribution < -0.4 is 0 Å². The van der Waals surface area contributed by atoms with Crippen LogP contribution in [0.3, 0.4) is 0 Å². The maximum atomic E-state index is 5.12. The van der Waals surface area contributed by atoms with Gasteiger partial charge < -0.3 is 0 Å². The summed E-state index contributed by atoms with van der Waals surface area (Å²) in [5.41, 5.74) is 10.6. The lowest BCUT2D eigenvalue weighted by Crippen LogP contribution is -1.95. The Morgan fingerprint density at radius 3 is 1.33 bits per heavy atom. The summed E-state index contributed by atoms with van der Waals surface area (Å²) in [4.78, 5) is 5.12. The van der Waals surface area contributed by atoms with Gasteiger partial charge in [0.05, 0.1) is 5.52 Å². The number of benzene rings is 8. The van der Waals surface area contributed by atoms with Crippen LogP contribution in [0.4, 0.5) is 0 Å².